The third-order valence-electron chi connectivity index (χ3n) is 3.30. The number of ether oxygens (including phenoxy) is 1. The molecule has 0 aliphatic heterocycles. The lowest BCUT2D eigenvalue weighted by Crippen LogP contribution is -2.38. The first-order valence-corrected chi connectivity index (χ1v) is 8.64. The SMILES string of the molecule is COCCN(C(=S)Nc1cccc(Cl)c1)[C@H](C)c1cccs1. The number of rotatable bonds is 6. The molecule has 0 aliphatic rings. The number of thiophene rings is 1. The van der Waals surface area contributed by atoms with Gasteiger partial charge in [-0.05, 0) is 48.8 Å². The van der Waals surface area contributed by atoms with Crippen molar-refractivity contribution in [2.24, 2.45) is 0 Å². The van der Waals surface area contributed by atoms with E-state index in [0.29, 0.717) is 16.7 Å². The number of nitrogens with one attached hydrogen (secondary N) is 1. The molecule has 2 aromatic rings. The van der Waals surface area contributed by atoms with Crippen LogP contribution in [0.2, 0.25) is 5.02 Å². The van der Waals surface area contributed by atoms with E-state index in [1.807, 2.05) is 24.3 Å². The van der Waals surface area contributed by atoms with Gasteiger partial charge in [0.2, 0.25) is 0 Å². The number of hydrogen-bond acceptors (Lipinski definition) is 3. The molecule has 118 valence electrons. The second kappa shape index (κ2) is 8.48. The van der Waals surface area contributed by atoms with Gasteiger partial charge in [0.15, 0.2) is 5.11 Å². The fourth-order valence-electron chi connectivity index (χ4n) is 2.10. The normalized spacial score (nSPS) is 12.0. The lowest BCUT2D eigenvalue weighted by atomic mass is 10.2. The molecular weight excluding hydrogens is 336 g/mol. The zero-order chi connectivity index (χ0) is 15.9. The maximum absolute atomic E-state index is 6.02. The Bertz CT molecular complexity index is 604. The number of nitrogens with zero attached hydrogens (tertiary/aromatic N) is 1. The molecule has 0 bridgehead atoms. The van der Waals surface area contributed by atoms with Gasteiger partial charge in [0.1, 0.15) is 0 Å². The summed E-state index contributed by atoms with van der Waals surface area (Å²) in [5.74, 6) is 0. The Morgan fingerprint density at radius 2 is 2.23 bits per heavy atom. The van der Waals surface area contributed by atoms with E-state index >= 15 is 0 Å². The highest BCUT2D eigenvalue weighted by molar-refractivity contribution is 7.80. The summed E-state index contributed by atoms with van der Waals surface area (Å²) in [6, 6.07) is 11.9. The molecule has 0 aliphatic carbocycles. The Hall–Kier alpha value is -1.14. The van der Waals surface area contributed by atoms with E-state index in [-0.39, 0.29) is 6.04 Å². The fraction of sp³-hybridized carbons (Fsp3) is 0.312. The summed E-state index contributed by atoms with van der Waals surface area (Å²) in [6.45, 7) is 3.49. The van der Waals surface area contributed by atoms with Crippen molar-refractivity contribution in [3.05, 3.63) is 51.7 Å². The minimum absolute atomic E-state index is 0.189. The maximum atomic E-state index is 6.02. The molecule has 1 heterocycles. The van der Waals surface area contributed by atoms with Crippen molar-refractivity contribution in [2.45, 2.75) is 13.0 Å². The van der Waals surface area contributed by atoms with E-state index < -0.39 is 0 Å². The second-order valence-corrected chi connectivity index (χ2v) is 6.62. The van der Waals surface area contributed by atoms with Crippen LogP contribution >= 0.6 is 35.2 Å². The van der Waals surface area contributed by atoms with Gasteiger partial charge < -0.3 is 15.0 Å². The molecule has 2 rings (SSSR count). The lowest BCUT2D eigenvalue weighted by molar-refractivity contribution is 0.166. The summed E-state index contributed by atoms with van der Waals surface area (Å²) in [5, 5.41) is 6.68. The molecule has 3 nitrogen and oxygen atoms in total. The summed E-state index contributed by atoms with van der Waals surface area (Å²) >= 11 is 13.3. The Morgan fingerprint density at radius 1 is 1.41 bits per heavy atom. The molecule has 1 aromatic heterocycles. The zero-order valence-electron chi connectivity index (χ0n) is 12.6. The molecule has 22 heavy (non-hydrogen) atoms. The highest BCUT2D eigenvalue weighted by Gasteiger charge is 2.19. The van der Waals surface area contributed by atoms with Crippen molar-refractivity contribution in [3.8, 4) is 0 Å². The number of benzene rings is 1. The monoisotopic (exact) mass is 354 g/mol. The largest absolute Gasteiger partial charge is 0.383 e. The first-order valence-electron chi connectivity index (χ1n) is 6.97. The molecule has 0 unspecified atom stereocenters. The van der Waals surface area contributed by atoms with Crippen LogP contribution in [0.1, 0.15) is 17.8 Å². The third kappa shape index (κ3) is 4.68. The van der Waals surface area contributed by atoms with Crippen molar-refractivity contribution in [1.82, 2.24) is 4.90 Å². The molecular formula is C16H19ClN2OS2. The van der Waals surface area contributed by atoms with Crippen LogP contribution < -0.4 is 5.32 Å². The summed E-state index contributed by atoms with van der Waals surface area (Å²) in [7, 11) is 1.70. The molecule has 0 saturated heterocycles. The summed E-state index contributed by atoms with van der Waals surface area (Å²) < 4.78 is 5.21. The van der Waals surface area contributed by atoms with Crippen molar-refractivity contribution in [2.75, 3.05) is 25.6 Å². The molecule has 1 aromatic carbocycles. The average Bonchev–Trinajstić information content (AvgIpc) is 3.01. The maximum Gasteiger partial charge on any atom is 0.174 e. The number of thiocarbonyl (C=S) groups is 1. The Labute approximate surface area is 145 Å². The van der Waals surface area contributed by atoms with Crippen LogP contribution in [-0.4, -0.2) is 30.3 Å². The van der Waals surface area contributed by atoms with Gasteiger partial charge in [-0.2, -0.15) is 0 Å². The van der Waals surface area contributed by atoms with Crippen molar-refractivity contribution in [1.29, 1.82) is 0 Å². The lowest BCUT2D eigenvalue weighted by Gasteiger charge is -2.31. The Balaban J connectivity index is 2.12. The van der Waals surface area contributed by atoms with Gasteiger partial charge in [-0.15, -0.1) is 11.3 Å². The minimum Gasteiger partial charge on any atom is -0.383 e. The molecule has 1 N–H and O–H groups in total. The van der Waals surface area contributed by atoms with Gasteiger partial charge in [-0.1, -0.05) is 23.7 Å². The van der Waals surface area contributed by atoms with Crippen LogP contribution in [0.3, 0.4) is 0 Å². The first kappa shape index (κ1) is 17.2. The molecule has 1 atom stereocenters. The average molecular weight is 355 g/mol. The van der Waals surface area contributed by atoms with E-state index in [9.17, 15) is 0 Å². The highest BCUT2D eigenvalue weighted by atomic mass is 35.5. The molecule has 0 spiro atoms. The van der Waals surface area contributed by atoms with Crippen LogP contribution in [0.15, 0.2) is 41.8 Å². The predicted octanol–water partition coefficient (Wildman–Crippen LogP) is 4.81. The summed E-state index contributed by atoms with van der Waals surface area (Å²) in [6.07, 6.45) is 0. The van der Waals surface area contributed by atoms with Crippen molar-refractivity contribution in [3.63, 3.8) is 0 Å². The number of hydrogen-bond donors (Lipinski definition) is 1. The van der Waals surface area contributed by atoms with Crippen LogP contribution in [0, 0.1) is 0 Å². The van der Waals surface area contributed by atoms with Gasteiger partial charge in [-0.3, -0.25) is 0 Å². The molecule has 0 saturated carbocycles. The smallest absolute Gasteiger partial charge is 0.174 e. The minimum atomic E-state index is 0.189. The molecule has 0 radical (unpaired) electrons. The van der Waals surface area contributed by atoms with Crippen molar-refractivity contribution < 1.29 is 4.74 Å². The van der Waals surface area contributed by atoms with Crippen LogP contribution in [0.5, 0.6) is 0 Å². The van der Waals surface area contributed by atoms with Crippen molar-refractivity contribution >= 4 is 46.0 Å². The van der Waals surface area contributed by atoms with Gasteiger partial charge in [0, 0.05) is 29.2 Å². The van der Waals surface area contributed by atoms with Gasteiger partial charge in [-0.25, -0.2) is 0 Å². The second-order valence-electron chi connectivity index (χ2n) is 4.82. The topological polar surface area (TPSA) is 24.5 Å². The molecule has 6 heteroatoms. The summed E-state index contributed by atoms with van der Waals surface area (Å²) in [4.78, 5) is 3.40. The van der Waals surface area contributed by atoms with E-state index in [1.165, 1.54) is 4.88 Å². The standard InChI is InChI=1S/C16H19ClN2OS2/c1-12(15-7-4-10-22-15)19(8-9-20-2)16(21)18-14-6-3-5-13(17)11-14/h3-7,10-12H,8-9H2,1-2H3,(H,18,21)/t12-/m1/s1. The van der Waals surface area contributed by atoms with Crippen LogP contribution in [0.4, 0.5) is 5.69 Å². The number of anilines is 1. The Kier molecular flexibility index (Phi) is 6.64. The fourth-order valence-corrected chi connectivity index (χ4v) is 3.46. The van der Waals surface area contributed by atoms with E-state index in [2.05, 4.69) is 34.7 Å². The number of methoxy groups -OCH3 is 1. The highest BCUT2D eigenvalue weighted by Crippen LogP contribution is 2.25. The quantitative estimate of drug-likeness (QED) is 0.752. The predicted molar refractivity (Wildman–Crippen MR) is 99.0 cm³/mol. The molecule has 0 amide bonds. The van der Waals surface area contributed by atoms with E-state index in [1.54, 1.807) is 18.4 Å². The summed E-state index contributed by atoms with van der Waals surface area (Å²) in [5.41, 5.74) is 0.887. The van der Waals surface area contributed by atoms with E-state index in [0.717, 1.165) is 12.2 Å². The van der Waals surface area contributed by atoms with Gasteiger partial charge in [0.05, 0.1) is 12.6 Å². The number of halogens is 1. The zero-order valence-corrected chi connectivity index (χ0v) is 15.0. The van der Waals surface area contributed by atoms with E-state index in [4.69, 9.17) is 28.6 Å². The first-order chi connectivity index (χ1) is 10.6. The van der Waals surface area contributed by atoms with Gasteiger partial charge in [0.25, 0.3) is 0 Å². The third-order valence-corrected chi connectivity index (χ3v) is 4.91. The van der Waals surface area contributed by atoms with Crippen LogP contribution in [0.25, 0.3) is 0 Å². The van der Waals surface area contributed by atoms with Crippen LogP contribution in [-0.2, 0) is 4.74 Å². The molecule has 0 fully saturated rings. The Morgan fingerprint density at radius 3 is 2.86 bits per heavy atom. The van der Waals surface area contributed by atoms with Gasteiger partial charge >= 0.3 is 0 Å².